The summed E-state index contributed by atoms with van der Waals surface area (Å²) in [7, 11) is 0. The molecule has 1 unspecified atom stereocenters. The Morgan fingerprint density at radius 2 is 1.71 bits per heavy atom. The quantitative estimate of drug-likeness (QED) is 0.672. The van der Waals surface area contributed by atoms with E-state index in [1.54, 1.807) is 6.92 Å². The van der Waals surface area contributed by atoms with Crippen LogP contribution in [-0.4, -0.2) is 34.2 Å². The van der Waals surface area contributed by atoms with Crippen LogP contribution in [0.2, 0.25) is 0 Å². The number of nitrogens with one attached hydrogen (secondary N) is 1. The molecule has 0 saturated heterocycles. The molecule has 1 aliphatic rings. The first-order valence-electron chi connectivity index (χ1n) is 7.94. The Balaban J connectivity index is 2.32. The molecule has 0 aromatic carbocycles. The van der Waals surface area contributed by atoms with E-state index in [0.29, 0.717) is 38.0 Å². The Morgan fingerprint density at radius 3 is 2.19 bits per heavy atom. The van der Waals surface area contributed by atoms with Crippen LogP contribution in [0.1, 0.15) is 59.3 Å². The minimum absolute atomic E-state index is 0.0522. The summed E-state index contributed by atoms with van der Waals surface area (Å²) in [4.78, 5) is 23.0. The molecule has 5 heteroatoms. The maximum atomic E-state index is 12.1. The summed E-state index contributed by atoms with van der Waals surface area (Å²) in [5.74, 6) is -0.697. The summed E-state index contributed by atoms with van der Waals surface area (Å²) in [6.45, 7) is 6.22. The van der Waals surface area contributed by atoms with Gasteiger partial charge in [0.1, 0.15) is 0 Å². The summed E-state index contributed by atoms with van der Waals surface area (Å²) >= 11 is 0. The van der Waals surface area contributed by atoms with Gasteiger partial charge in [-0.1, -0.05) is 13.8 Å². The van der Waals surface area contributed by atoms with Crippen LogP contribution >= 0.6 is 0 Å². The lowest BCUT2D eigenvalue weighted by Gasteiger charge is -2.28. The fraction of sp³-hybridized carbons (Fsp3) is 0.875. The summed E-state index contributed by atoms with van der Waals surface area (Å²) in [5, 5.41) is 22.0. The summed E-state index contributed by atoms with van der Waals surface area (Å²) in [6, 6.07) is 0. The Labute approximate surface area is 127 Å². The first-order chi connectivity index (χ1) is 9.71. The molecule has 0 bridgehead atoms. The number of rotatable bonds is 7. The van der Waals surface area contributed by atoms with Crippen LogP contribution in [0.4, 0.5) is 0 Å². The highest BCUT2D eigenvalue weighted by atomic mass is 16.4. The smallest absolute Gasteiger partial charge is 0.306 e. The SMILES string of the molecule is CC(C)CCC(C)(O)CNC(=O)C1CCC(C(=O)O)CC1. The van der Waals surface area contributed by atoms with Crippen LogP contribution in [0.15, 0.2) is 0 Å². The van der Waals surface area contributed by atoms with Crippen molar-refractivity contribution in [3.05, 3.63) is 0 Å². The standard InChI is InChI=1S/C16H29NO4/c1-11(2)8-9-16(3,21)10-17-14(18)12-4-6-13(7-5-12)15(19)20/h11-13,21H,4-10H2,1-3H3,(H,17,18)(H,19,20). The summed E-state index contributed by atoms with van der Waals surface area (Å²) < 4.78 is 0. The average molecular weight is 299 g/mol. The largest absolute Gasteiger partial charge is 0.481 e. The number of carboxylic acids is 1. The van der Waals surface area contributed by atoms with Crippen LogP contribution in [-0.2, 0) is 9.59 Å². The minimum Gasteiger partial charge on any atom is -0.481 e. The van der Waals surface area contributed by atoms with Crippen molar-refractivity contribution < 1.29 is 19.8 Å². The number of amides is 1. The topological polar surface area (TPSA) is 86.6 Å². The van der Waals surface area contributed by atoms with Gasteiger partial charge in [-0.25, -0.2) is 0 Å². The van der Waals surface area contributed by atoms with E-state index in [-0.39, 0.29) is 24.3 Å². The van der Waals surface area contributed by atoms with E-state index in [0.717, 1.165) is 6.42 Å². The van der Waals surface area contributed by atoms with Gasteiger partial charge in [-0.05, 0) is 51.4 Å². The fourth-order valence-electron chi connectivity index (χ4n) is 2.71. The van der Waals surface area contributed by atoms with Gasteiger partial charge in [0.2, 0.25) is 5.91 Å². The lowest BCUT2D eigenvalue weighted by Crippen LogP contribution is -2.43. The minimum atomic E-state index is -0.877. The molecule has 5 nitrogen and oxygen atoms in total. The van der Waals surface area contributed by atoms with Crippen molar-refractivity contribution in [2.45, 2.75) is 64.9 Å². The number of aliphatic hydroxyl groups is 1. The van der Waals surface area contributed by atoms with Crippen LogP contribution in [0.25, 0.3) is 0 Å². The van der Waals surface area contributed by atoms with Crippen LogP contribution in [0.3, 0.4) is 0 Å². The van der Waals surface area contributed by atoms with Crippen molar-refractivity contribution >= 4 is 11.9 Å². The van der Waals surface area contributed by atoms with Crippen molar-refractivity contribution in [1.82, 2.24) is 5.32 Å². The first-order valence-corrected chi connectivity index (χ1v) is 7.94. The third kappa shape index (κ3) is 6.46. The molecule has 0 radical (unpaired) electrons. The normalized spacial score (nSPS) is 25.4. The number of carboxylic acid groups (broad SMARTS) is 1. The Bertz CT molecular complexity index is 357. The molecule has 3 N–H and O–H groups in total. The Morgan fingerprint density at radius 1 is 1.19 bits per heavy atom. The predicted molar refractivity (Wildman–Crippen MR) is 80.8 cm³/mol. The van der Waals surface area contributed by atoms with Gasteiger partial charge in [0, 0.05) is 12.5 Å². The highest BCUT2D eigenvalue weighted by Crippen LogP contribution is 2.29. The van der Waals surface area contributed by atoms with Gasteiger partial charge in [-0.15, -0.1) is 0 Å². The highest BCUT2D eigenvalue weighted by Gasteiger charge is 2.30. The number of carbonyl (C=O) groups is 2. The lowest BCUT2D eigenvalue weighted by atomic mass is 9.81. The zero-order valence-electron chi connectivity index (χ0n) is 13.4. The second kappa shape index (κ2) is 7.78. The number of aliphatic carboxylic acids is 1. The van der Waals surface area contributed by atoms with Gasteiger partial charge < -0.3 is 15.5 Å². The van der Waals surface area contributed by atoms with E-state index in [9.17, 15) is 14.7 Å². The molecule has 1 aliphatic carbocycles. The van der Waals surface area contributed by atoms with Crippen molar-refractivity contribution in [3.63, 3.8) is 0 Å². The van der Waals surface area contributed by atoms with Gasteiger partial charge in [-0.2, -0.15) is 0 Å². The molecular formula is C16H29NO4. The van der Waals surface area contributed by atoms with E-state index in [2.05, 4.69) is 19.2 Å². The average Bonchev–Trinajstić information content (AvgIpc) is 2.43. The first kappa shape index (κ1) is 18.0. The molecular weight excluding hydrogens is 270 g/mol. The molecule has 1 rings (SSSR count). The van der Waals surface area contributed by atoms with Crippen molar-refractivity contribution in [2.24, 2.45) is 17.8 Å². The van der Waals surface area contributed by atoms with Gasteiger partial charge in [-0.3, -0.25) is 9.59 Å². The molecule has 1 amide bonds. The molecule has 122 valence electrons. The van der Waals surface area contributed by atoms with Gasteiger partial charge >= 0.3 is 5.97 Å². The molecule has 0 spiro atoms. The van der Waals surface area contributed by atoms with Gasteiger partial charge in [0.15, 0.2) is 0 Å². The van der Waals surface area contributed by atoms with E-state index in [4.69, 9.17) is 5.11 Å². The second-order valence-electron chi connectivity index (χ2n) is 7.03. The van der Waals surface area contributed by atoms with E-state index in [1.165, 1.54) is 0 Å². The maximum Gasteiger partial charge on any atom is 0.306 e. The molecule has 0 aromatic rings. The Kier molecular flexibility index (Phi) is 6.65. The van der Waals surface area contributed by atoms with Gasteiger partial charge in [0.05, 0.1) is 11.5 Å². The van der Waals surface area contributed by atoms with Crippen LogP contribution in [0, 0.1) is 17.8 Å². The zero-order valence-corrected chi connectivity index (χ0v) is 13.4. The van der Waals surface area contributed by atoms with E-state index < -0.39 is 11.6 Å². The third-order valence-electron chi connectivity index (χ3n) is 4.35. The third-order valence-corrected chi connectivity index (χ3v) is 4.35. The molecule has 1 fully saturated rings. The monoisotopic (exact) mass is 299 g/mol. The van der Waals surface area contributed by atoms with Crippen molar-refractivity contribution in [3.8, 4) is 0 Å². The lowest BCUT2D eigenvalue weighted by molar-refractivity contribution is -0.144. The maximum absolute atomic E-state index is 12.1. The predicted octanol–water partition coefficient (Wildman–Crippen LogP) is 2.18. The molecule has 1 saturated carbocycles. The molecule has 0 aliphatic heterocycles. The zero-order chi connectivity index (χ0) is 16.0. The van der Waals surface area contributed by atoms with Gasteiger partial charge in [0.25, 0.3) is 0 Å². The van der Waals surface area contributed by atoms with Crippen LogP contribution < -0.4 is 5.32 Å². The molecule has 0 aromatic heterocycles. The van der Waals surface area contributed by atoms with E-state index >= 15 is 0 Å². The number of carbonyl (C=O) groups excluding carboxylic acids is 1. The summed E-state index contributed by atoms with van der Waals surface area (Å²) in [5.41, 5.74) is -0.877. The second-order valence-corrected chi connectivity index (χ2v) is 7.03. The summed E-state index contributed by atoms with van der Waals surface area (Å²) in [6.07, 6.45) is 3.96. The van der Waals surface area contributed by atoms with Crippen molar-refractivity contribution in [1.29, 1.82) is 0 Å². The number of hydrogen-bond acceptors (Lipinski definition) is 3. The Hall–Kier alpha value is -1.10. The highest BCUT2D eigenvalue weighted by molar-refractivity contribution is 5.79. The van der Waals surface area contributed by atoms with Crippen LogP contribution in [0.5, 0.6) is 0 Å². The van der Waals surface area contributed by atoms with E-state index in [1.807, 2.05) is 0 Å². The number of hydrogen-bond donors (Lipinski definition) is 3. The molecule has 0 heterocycles. The molecule has 1 atom stereocenters. The van der Waals surface area contributed by atoms with Crippen molar-refractivity contribution in [2.75, 3.05) is 6.54 Å². The fourth-order valence-corrected chi connectivity index (χ4v) is 2.71. The molecule has 21 heavy (non-hydrogen) atoms.